The van der Waals surface area contributed by atoms with Crippen molar-refractivity contribution in [2.24, 2.45) is 0 Å². The first-order valence-corrected chi connectivity index (χ1v) is 17.5. The number of nitrogens with one attached hydrogen (secondary N) is 4. The predicted molar refractivity (Wildman–Crippen MR) is 189 cm³/mol. The Hall–Kier alpha value is -5.35. The summed E-state index contributed by atoms with van der Waals surface area (Å²) in [5, 5.41) is 29.4. The number of carboxylic acids is 1. The molecule has 0 spiro atoms. The molecule has 16 heteroatoms. The normalized spacial score (nSPS) is 21.6. The molecule has 3 aliphatic rings. The van der Waals surface area contributed by atoms with Crippen LogP contribution in [0.15, 0.2) is 60.8 Å². The second-order valence-electron chi connectivity index (χ2n) is 13.1. The summed E-state index contributed by atoms with van der Waals surface area (Å²) in [6, 6.07) is 13.1. The van der Waals surface area contributed by atoms with Crippen LogP contribution in [0.2, 0.25) is 0 Å². The van der Waals surface area contributed by atoms with Gasteiger partial charge in [-0.1, -0.05) is 47.7 Å². The Bertz CT molecular complexity index is 1680. The Kier molecular flexibility index (Phi) is 13.3. The quantitative estimate of drug-likeness (QED) is 0.202. The minimum absolute atomic E-state index is 0.128. The molecule has 4 unspecified atom stereocenters. The average molecular weight is 718 g/mol. The van der Waals surface area contributed by atoms with Crippen LogP contribution < -0.4 is 26.0 Å². The van der Waals surface area contributed by atoms with Crippen LogP contribution in [0.25, 0.3) is 0 Å². The highest BCUT2D eigenvalue weighted by atomic mass is 16.5. The number of aliphatic carboxylic acids is 1. The number of benzene rings is 2. The minimum atomic E-state index is -1.01. The van der Waals surface area contributed by atoms with Gasteiger partial charge in [0, 0.05) is 39.0 Å². The van der Waals surface area contributed by atoms with Crippen LogP contribution in [-0.4, -0.2) is 123 Å². The number of rotatable bonds is 7. The van der Waals surface area contributed by atoms with Crippen molar-refractivity contribution in [1.29, 1.82) is 0 Å². The highest BCUT2D eigenvalue weighted by Crippen LogP contribution is 2.21. The molecule has 3 aromatic rings. The number of fused-ring (bicyclic) bond motifs is 14. The van der Waals surface area contributed by atoms with E-state index >= 15 is 0 Å². The lowest BCUT2D eigenvalue weighted by Gasteiger charge is -2.30. The standard InChI is InChI=1S/C36H47N9O7/c1-24(37-2)33(48)40-30-20-26-10-12-28(13-11-26)52-23-27-21-44(42-41-27)18-17-43(22-32(46)47)16-14-38-34(49)29(19-25-7-4-3-5-8-25)39-35(50)31-9-6-15-45(31)36(30)51/h3-5,7-8,10-13,21,24,29-31,37H,6,9,14-20,22-23H2,1-2H3,(H,38,49)(H,39,50)(H,40,48)(H,46,47). The fourth-order valence-electron chi connectivity index (χ4n) is 6.25. The highest BCUT2D eigenvalue weighted by Gasteiger charge is 2.39. The molecule has 4 atom stereocenters. The number of hydrogen-bond acceptors (Lipinski definition) is 10. The van der Waals surface area contributed by atoms with Crippen LogP contribution in [0, 0.1) is 0 Å². The number of nitrogens with zero attached hydrogens (tertiary/aromatic N) is 5. The van der Waals surface area contributed by atoms with E-state index in [0.29, 0.717) is 43.9 Å². The topological polar surface area (TPSA) is 200 Å². The van der Waals surface area contributed by atoms with Gasteiger partial charge < -0.3 is 36.0 Å². The smallest absolute Gasteiger partial charge is 0.317 e. The zero-order valence-electron chi connectivity index (χ0n) is 29.5. The Balaban J connectivity index is 1.42. The van der Waals surface area contributed by atoms with Crippen LogP contribution >= 0.6 is 0 Å². The van der Waals surface area contributed by atoms with Gasteiger partial charge >= 0.3 is 5.97 Å². The first kappa shape index (κ1) is 37.9. The number of amides is 4. The van der Waals surface area contributed by atoms with Crippen molar-refractivity contribution in [3.8, 4) is 5.75 Å². The summed E-state index contributed by atoms with van der Waals surface area (Å²) >= 11 is 0. The maximum absolute atomic E-state index is 14.2. The monoisotopic (exact) mass is 717 g/mol. The fourth-order valence-corrected chi connectivity index (χ4v) is 6.25. The van der Waals surface area contributed by atoms with Gasteiger partial charge in [0.1, 0.15) is 36.2 Å². The molecule has 16 nitrogen and oxygen atoms in total. The second kappa shape index (κ2) is 18.2. The lowest BCUT2D eigenvalue weighted by Crippen LogP contribution is -2.58. The molecule has 3 aliphatic heterocycles. The SMILES string of the molecule is CNC(C)C(=O)NC1Cc2ccc(cc2)OCc2cn(nn2)CCN(CC(=O)O)CCNC(=O)C(Cc2ccccc2)NC(=O)C2CCCN2C1=O. The number of ether oxygens (including phenoxy) is 1. The Morgan fingerprint density at radius 3 is 2.52 bits per heavy atom. The van der Waals surface area contributed by atoms with Gasteiger partial charge in [0.15, 0.2) is 0 Å². The van der Waals surface area contributed by atoms with Crippen LogP contribution in [0.4, 0.5) is 0 Å². The molecule has 0 aliphatic carbocycles. The van der Waals surface area contributed by atoms with E-state index in [1.165, 1.54) is 4.90 Å². The molecule has 4 heterocycles. The summed E-state index contributed by atoms with van der Waals surface area (Å²) in [6.45, 7) is 2.95. The van der Waals surface area contributed by atoms with Gasteiger partial charge in [-0.15, -0.1) is 5.10 Å². The summed E-state index contributed by atoms with van der Waals surface area (Å²) in [5.41, 5.74) is 2.18. The first-order chi connectivity index (χ1) is 25.1. The summed E-state index contributed by atoms with van der Waals surface area (Å²) in [6.07, 6.45) is 3.07. The molecule has 6 rings (SSSR count). The van der Waals surface area contributed by atoms with E-state index in [2.05, 4.69) is 31.6 Å². The fraction of sp³-hybridized carbons (Fsp3) is 0.472. The maximum Gasteiger partial charge on any atom is 0.317 e. The lowest BCUT2D eigenvalue weighted by molar-refractivity contribution is -0.142. The van der Waals surface area contributed by atoms with Crippen LogP contribution in [-0.2, 0) is 50.0 Å². The Labute approximate surface area is 302 Å². The molecule has 1 aromatic heterocycles. The summed E-state index contributed by atoms with van der Waals surface area (Å²) in [5.74, 6) is -2.10. The third-order valence-electron chi connectivity index (χ3n) is 9.26. The Morgan fingerprint density at radius 1 is 1.02 bits per heavy atom. The number of hydrogen-bond donors (Lipinski definition) is 5. The van der Waals surface area contributed by atoms with Crippen molar-refractivity contribution in [2.45, 2.75) is 69.9 Å². The van der Waals surface area contributed by atoms with E-state index in [4.69, 9.17) is 4.74 Å². The molecule has 278 valence electrons. The van der Waals surface area contributed by atoms with Gasteiger partial charge in [-0.2, -0.15) is 0 Å². The summed E-state index contributed by atoms with van der Waals surface area (Å²) < 4.78 is 7.51. The second-order valence-corrected chi connectivity index (χ2v) is 13.1. The zero-order valence-corrected chi connectivity index (χ0v) is 29.5. The van der Waals surface area contributed by atoms with E-state index < -0.39 is 47.9 Å². The molecular weight excluding hydrogens is 670 g/mol. The van der Waals surface area contributed by atoms with Crippen molar-refractivity contribution in [3.63, 3.8) is 0 Å². The molecular formula is C36H47N9O7. The van der Waals surface area contributed by atoms with Gasteiger partial charge in [0.25, 0.3) is 0 Å². The van der Waals surface area contributed by atoms with Gasteiger partial charge in [0.2, 0.25) is 23.6 Å². The number of carbonyl (C=O) groups excluding carboxylic acids is 4. The van der Waals surface area contributed by atoms with Crippen LogP contribution in [0.3, 0.4) is 0 Å². The molecule has 5 N–H and O–H groups in total. The van der Waals surface area contributed by atoms with Crippen LogP contribution in [0.1, 0.15) is 36.6 Å². The van der Waals surface area contributed by atoms with E-state index in [9.17, 15) is 29.1 Å². The van der Waals surface area contributed by atoms with Crippen molar-refractivity contribution in [2.75, 3.05) is 39.8 Å². The van der Waals surface area contributed by atoms with Crippen LogP contribution in [0.5, 0.6) is 5.75 Å². The first-order valence-electron chi connectivity index (χ1n) is 17.5. The average Bonchev–Trinajstić information content (AvgIpc) is 3.82. The molecule has 1 fully saturated rings. The predicted octanol–water partition coefficient (Wildman–Crippen LogP) is -0.273. The van der Waals surface area contributed by atoms with Crippen molar-refractivity contribution >= 4 is 29.6 Å². The summed E-state index contributed by atoms with van der Waals surface area (Å²) in [7, 11) is 1.65. The number of carboxylic acid groups (broad SMARTS) is 1. The van der Waals surface area contributed by atoms with Crippen molar-refractivity contribution in [3.05, 3.63) is 77.6 Å². The van der Waals surface area contributed by atoms with Crippen molar-refractivity contribution in [1.82, 2.24) is 46.1 Å². The molecule has 52 heavy (non-hydrogen) atoms. The molecule has 2 aromatic carbocycles. The molecule has 0 saturated carbocycles. The minimum Gasteiger partial charge on any atom is -0.487 e. The van der Waals surface area contributed by atoms with E-state index in [1.807, 2.05) is 42.5 Å². The largest absolute Gasteiger partial charge is 0.487 e. The number of aromatic nitrogens is 3. The van der Waals surface area contributed by atoms with Gasteiger partial charge in [-0.25, -0.2) is 0 Å². The molecule has 1 saturated heterocycles. The highest BCUT2D eigenvalue weighted by molar-refractivity contribution is 5.95. The van der Waals surface area contributed by atoms with Gasteiger partial charge in [-0.3, -0.25) is 33.6 Å². The zero-order chi connectivity index (χ0) is 37.0. The van der Waals surface area contributed by atoms with E-state index in [1.54, 1.807) is 41.9 Å². The number of carbonyl (C=O) groups is 5. The number of likely N-dealkylation sites (N-methyl/N-ethyl adjacent to an activating group) is 1. The molecule has 0 radical (unpaired) electrons. The van der Waals surface area contributed by atoms with Gasteiger partial charge in [-0.05, 0) is 50.1 Å². The van der Waals surface area contributed by atoms with E-state index in [-0.39, 0.29) is 45.0 Å². The van der Waals surface area contributed by atoms with E-state index in [0.717, 1.165) is 11.1 Å². The molecule has 4 bridgehead atoms. The third kappa shape index (κ3) is 10.6. The van der Waals surface area contributed by atoms with Gasteiger partial charge in [0.05, 0.1) is 25.3 Å². The molecule has 4 amide bonds. The maximum atomic E-state index is 14.2. The third-order valence-corrected chi connectivity index (χ3v) is 9.26. The Morgan fingerprint density at radius 2 is 1.79 bits per heavy atom. The lowest BCUT2D eigenvalue weighted by atomic mass is 10.0. The van der Waals surface area contributed by atoms with Crippen molar-refractivity contribution < 1.29 is 33.8 Å². The summed E-state index contributed by atoms with van der Waals surface area (Å²) in [4.78, 5) is 69.6.